The number of hydrogen-bond donors (Lipinski definition) is 0. The SMILES string of the molecule is CCOC(=O)C1CSCC12CCC2. The maximum Gasteiger partial charge on any atom is 0.310 e. The second kappa shape index (κ2) is 3.52. The largest absolute Gasteiger partial charge is 0.466 e. The summed E-state index contributed by atoms with van der Waals surface area (Å²) in [5, 5.41) is 0. The topological polar surface area (TPSA) is 26.3 Å². The van der Waals surface area contributed by atoms with E-state index in [-0.39, 0.29) is 11.9 Å². The minimum Gasteiger partial charge on any atom is -0.466 e. The van der Waals surface area contributed by atoms with Crippen molar-refractivity contribution in [2.45, 2.75) is 26.2 Å². The van der Waals surface area contributed by atoms with Crippen LogP contribution in [-0.2, 0) is 9.53 Å². The molecule has 2 aliphatic rings. The first-order chi connectivity index (χ1) is 6.28. The van der Waals surface area contributed by atoms with Crippen LogP contribution in [0.5, 0.6) is 0 Å². The molecule has 2 nitrogen and oxygen atoms in total. The molecule has 2 fully saturated rings. The van der Waals surface area contributed by atoms with Crippen molar-refractivity contribution >= 4 is 17.7 Å². The maximum absolute atomic E-state index is 11.6. The van der Waals surface area contributed by atoms with Gasteiger partial charge in [-0.3, -0.25) is 4.79 Å². The molecule has 1 atom stereocenters. The number of esters is 1. The lowest BCUT2D eigenvalue weighted by Gasteiger charge is -2.41. The van der Waals surface area contributed by atoms with Crippen LogP contribution >= 0.6 is 11.8 Å². The van der Waals surface area contributed by atoms with Crippen LogP contribution in [0.2, 0.25) is 0 Å². The third-order valence-corrected chi connectivity index (χ3v) is 4.68. The van der Waals surface area contributed by atoms with Crippen LogP contribution in [0.25, 0.3) is 0 Å². The van der Waals surface area contributed by atoms with Crippen molar-refractivity contribution in [3.8, 4) is 0 Å². The highest BCUT2D eigenvalue weighted by atomic mass is 32.2. The molecule has 2 rings (SSSR count). The Kier molecular flexibility index (Phi) is 2.54. The van der Waals surface area contributed by atoms with Gasteiger partial charge in [0.1, 0.15) is 0 Å². The van der Waals surface area contributed by atoms with Crippen LogP contribution in [0, 0.1) is 11.3 Å². The van der Waals surface area contributed by atoms with Crippen LogP contribution in [0.15, 0.2) is 0 Å². The van der Waals surface area contributed by atoms with Gasteiger partial charge in [0.25, 0.3) is 0 Å². The molecule has 0 radical (unpaired) electrons. The van der Waals surface area contributed by atoms with E-state index < -0.39 is 0 Å². The lowest BCUT2D eigenvalue weighted by molar-refractivity contribution is -0.153. The minimum absolute atomic E-state index is 0.0483. The van der Waals surface area contributed by atoms with Crippen molar-refractivity contribution in [2.75, 3.05) is 18.1 Å². The maximum atomic E-state index is 11.6. The fourth-order valence-corrected chi connectivity index (χ4v) is 4.08. The molecule has 1 saturated heterocycles. The molecule has 1 spiro atoms. The quantitative estimate of drug-likeness (QED) is 0.638. The molecule has 1 aliphatic carbocycles. The van der Waals surface area contributed by atoms with Gasteiger partial charge >= 0.3 is 5.97 Å². The monoisotopic (exact) mass is 200 g/mol. The Labute approximate surface area is 83.4 Å². The predicted octanol–water partition coefficient (Wildman–Crippen LogP) is 2.08. The zero-order chi connectivity index (χ0) is 9.31. The van der Waals surface area contributed by atoms with Gasteiger partial charge in [0.2, 0.25) is 0 Å². The van der Waals surface area contributed by atoms with Crippen molar-refractivity contribution < 1.29 is 9.53 Å². The lowest BCUT2D eigenvalue weighted by atomic mass is 9.63. The number of hydrogen-bond acceptors (Lipinski definition) is 3. The van der Waals surface area contributed by atoms with E-state index in [1.807, 2.05) is 18.7 Å². The van der Waals surface area contributed by atoms with Gasteiger partial charge in [0.05, 0.1) is 12.5 Å². The first kappa shape index (κ1) is 9.38. The second-order valence-electron chi connectivity index (χ2n) is 4.04. The van der Waals surface area contributed by atoms with Gasteiger partial charge in [-0.15, -0.1) is 0 Å². The van der Waals surface area contributed by atoms with Gasteiger partial charge in [-0.05, 0) is 30.9 Å². The summed E-state index contributed by atoms with van der Waals surface area (Å²) in [5.74, 6) is 2.41. The number of ether oxygens (including phenoxy) is 1. The molecule has 1 aliphatic heterocycles. The number of rotatable bonds is 2. The molecule has 0 aromatic carbocycles. The van der Waals surface area contributed by atoms with Gasteiger partial charge in [0, 0.05) is 5.75 Å². The van der Waals surface area contributed by atoms with E-state index in [1.54, 1.807) is 0 Å². The average molecular weight is 200 g/mol. The third-order valence-electron chi connectivity index (χ3n) is 3.33. The summed E-state index contributed by atoms with van der Waals surface area (Å²) in [6.07, 6.45) is 3.78. The molecule has 1 heterocycles. The fourth-order valence-electron chi connectivity index (χ4n) is 2.34. The summed E-state index contributed by atoms with van der Waals surface area (Å²) in [7, 11) is 0. The molecular formula is C10H16O2S. The van der Waals surface area contributed by atoms with Crippen molar-refractivity contribution in [3.05, 3.63) is 0 Å². The Morgan fingerprint density at radius 2 is 2.38 bits per heavy atom. The van der Waals surface area contributed by atoms with Crippen molar-refractivity contribution in [2.24, 2.45) is 11.3 Å². The van der Waals surface area contributed by atoms with Crippen LogP contribution in [0.1, 0.15) is 26.2 Å². The predicted molar refractivity (Wildman–Crippen MR) is 53.7 cm³/mol. The van der Waals surface area contributed by atoms with Gasteiger partial charge in [-0.2, -0.15) is 11.8 Å². The smallest absolute Gasteiger partial charge is 0.310 e. The summed E-state index contributed by atoms with van der Waals surface area (Å²) < 4.78 is 5.10. The van der Waals surface area contributed by atoms with Gasteiger partial charge in [0.15, 0.2) is 0 Å². The first-order valence-electron chi connectivity index (χ1n) is 5.03. The van der Waals surface area contributed by atoms with Crippen LogP contribution < -0.4 is 0 Å². The summed E-state index contributed by atoms with van der Waals surface area (Å²) in [5.41, 5.74) is 0.344. The second-order valence-corrected chi connectivity index (χ2v) is 5.07. The van der Waals surface area contributed by atoms with Crippen LogP contribution in [-0.4, -0.2) is 24.1 Å². The summed E-state index contributed by atoms with van der Waals surface area (Å²) in [6.45, 7) is 2.41. The lowest BCUT2D eigenvalue weighted by Crippen LogP contribution is -2.41. The highest BCUT2D eigenvalue weighted by Crippen LogP contribution is 2.54. The van der Waals surface area contributed by atoms with E-state index in [0.29, 0.717) is 12.0 Å². The Morgan fingerprint density at radius 1 is 1.62 bits per heavy atom. The Hall–Kier alpha value is -0.180. The summed E-state index contributed by atoms with van der Waals surface area (Å²) in [4.78, 5) is 11.6. The van der Waals surface area contributed by atoms with Crippen molar-refractivity contribution in [1.82, 2.24) is 0 Å². The summed E-state index contributed by atoms with van der Waals surface area (Å²) in [6, 6.07) is 0. The highest BCUT2D eigenvalue weighted by molar-refractivity contribution is 7.99. The van der Waals surface area contributed by atoms with Gasteiger partial charge in [-0.25, -0.2) is 0 Å². The number of carbonyl (C=O) groups is 1. The molecule has 74 valence electrons. The molecule has 0 N–H and O–H groups in total. The molecule has 0 aromatic rings. The standard InChI is InChI=1S/C10H16O2S/c1-2-12-9(11)8-6-13-7-10(8)4-3-5-10/h8H,2-7H2,1H3. The molecule has 1 unspecified atom stereocenters. The fraction of sp³-hybridized carbons (Fsp3) is 0.900. The number of thioether (sulfide) groups is 1. The van der Waals surface area contributed by atoms with Gasteiger partial charge < -0.3 is 4.74 Å². The normalized spacial score (nSPS) is 30.1. The highest BCUT2D eigenvalue weighted by Gasteiger charge is 2.51. The zero-order valence-corrected chi connectivity index (χ0v) is 8.86. The van der Waals surface area contributed by atoms with Crippen LogP contribution in [0.4, 0.5) is 0 Å². The van der Waals surface area contributed by atoms with Crippen molar-refractivity contribution in [3.63, 3.8) is 0 Å². The average Bonchev–Trinajstić information content (AvgIpc) is 2.46. The molecule has 3 heteroatoms. The van der Waals surface area contributed by atoms with E-state index in [1.165, 1.54) is 25.0 Å². The molecule has 0 amide bonds. The molecule has 13 heavy (non-hydrogen) atoms. The third kappa shape index (κ3) is 1.47. The molecular weight excluding hydrogens is 184 g/mol. The van der Waals surface area contributed by atoms with E-state index >= 15 is 0 Å². The number of carbonyl (C=O) groups excluding carboxylic acids is 1. The Balaban J connectivity index is 2.01. The minimum atomic E-state index is 0.0483. The van der Waals surface area contributed by atoms with E-state index in [4.69, 9.17) is 4.74 Å². The summed E-state index contributed by atoms with van der Waals surface area (Å²) >= 11 is 1.92. The Bertz CT molecular complexity index is 211. The Morgan fingerprint density at radius 3 is 2.92 bits per heavy atom. The van der Waals surface area contributed by atoms with E-state index in [2.05, 4.69) is 0 Å². The van der Waals surface area contributed by atoms with E-state index in [9.17, 15) is 4.79 Å². The molecule has 1 saturated carbocycles. The molecule has 0 aromatic heterocycles. The van der Waals surface area contributed by atoms with Gasteiger partial charge in [-0.1, -0.05) is 6.42 Å². The van der Waals surface area contributed by atoms with Crippen LogP contribution in [0.3, 0.4) is 0 Å². The van der Waals surface area contributed by atoms with Crippen molar-refractivity contribution in [1.29, 1.82) is 0 Å². The molecule has 0 bridgehead atoms. The van der Waals surface area contributed by atoms with E-state index in [0.717, 1.165) is 5.75 Å². The zero-order valence-electron chi connectivity index (χ0n) is 8.04. The first-order valence-corrected chi connectivity index (χ1v) is 6.18.